The van der Waals surface area contributed by atoms with Crippen LogP contribution in [0.4, 0.5) is 0 Å². The van der Waals surface area contributed by atoms with E-state index in [0.717, 1.165) is 32.4 Å². The summed E-state index contributed by atoms with van der Waals surface area (Å²) in [6.45, 7) is 2.09. The maximum atomic E-state index is 12.0. The first-order valence-electron chi connectivity index (χ1n) is 9.67. The molecule has 2 aliphatic heterocycles. The minimum absolute atomic E-state index is 0.228. The van der Waals surface area contributed by atoms with Crippen LogP contribution in [0.5, 0.6) is 0 Å². The zero-order valence-corrected chi connectivity index (χ0v) is 14.8. The van der Waals surface area contributed by atoms with Crippen LogP contribution < -0.4 is 11.3 Å². The van der Waals surface area contributed by atoms with Crippen molar-refractivity contribution >= 4 is 16.8 Å². The highest BCUT2D eigenvalue weighted by Gasteiger charge is 2.46. The Morgan fingerprint density at radius 1 is 1.23 bits per heavy atom. The number of fused-ring (bicyclic) bond motifs is 6. The molecule has 0 radical (unpaired) electrons. The van der Waals surface area contributed by atoms with Crippen LogP contribution in [-0.4, -0.2) is 40.1 Å². The lowest BCUT2D eigenvalue weighted by Gasteiger charge is -2.50. The Morgan fingerprint density at radius 3 is 2.92 bits per heavy atom. The summed E-state index contributed by atoms with van der Waals surface area (Å²) in [5, 5.41) is 11.8. The molecule has 3 heterocycles. The minimum Gasteiger partial charge on any atom is -0.392 e. The average Bonchev–Trinajstić information content (AvgIpc) is 3.04. The monoisotopic (exact) mass is 354 g/mol. The van der Waals surface area contributed by atoms with Crippen molar-refractivity contribution in [3.63, 3.8) is 0 Å². The van der Waals surface area contributed by atoms with Crippen molar-refractivity contribution in [3.8, 4) is 0 Å². The van der Waals surface area contributed by atoms with Crippen molar-refractivity contribution in [1.29, 1.82) is 0 Å². The van der Waals surface area contributed by atoms with Gasteiger partial charge in [0.2, 0.25) is 5.91 Å². The first kappa shape index (κ1) is 16.3. The van der Waals surface area contributed by atoms with E-state index in [0.29, 0.717) is 24.3 Å². The highest BCUT2D eigenvalue weighted by Crippen LogP contribution is 2.48. The van der Waals surface area contributed by atoms with Gasteiger partial charge >= 0.3 is 0 Å². The number of nitrogens with two attached hydrogens (primary N) is 1. The molecule has 5 rings (SSSR count). The highest BCUT2D eigenvalue weighted by molar-refractivity contribution is 5.85. The smallest absolute Gasteiger partial charge is 0.239 e. The zero-order valence-electron chi connectivity index (χ0n) is 14.8. The number of amides is 1. The Hall–Kier alpha value is -1.89. The van der Waals surface area contributed by atoms with Gasteiger partial charge in [-0.05, 0) is 49.1 Å². The van der Waals surface area contributed by atoms with E-state index in [2.05, 4.69) is 39.6 Å². The number of H-pyrrole nitrogens is 1. The third kappa shape index (κ3) is 2.40. The number of aliphatic hydroxyl groups excluding tert-OH is 1. The third-order valence-corrected chi connectivity index (χ3v) is 6.98. The lowest BCUT2D eigenvalue weighted by atomic mass is 9.66. The lowest BCUT2D eigenvalue weighted by Crippen LogP contribution is -2.52. The number of hydrogen-bond donors (Lipinski definition) is 4. The number of nitrogens with one attached hydrogen (secondary N) is 2. The normalized spacial score (nSPS) is 34.0. The standard InChI is InChI=1S/C20H26N4O2/c21-23-20(26)15-7-11-8-17-19-14(13-3-1-2-4-16(13)22-19)5-6-24(17)10-12(11)9-18(15)25/h1-4,11-12,15,17-18,22,25H,5-10,21H2,(H,23,26)/t11-,12-,15?,17-,18-/m1/s1. The molecule has 2 fully saturated rings. The maximum absolute atomic E-state index is 12.0. The summed E-state index contributed by atoms with van der Waals surface area (Å²) in [6.07, 6.45) is 2.98. The number of aliphatic hydroxyl groups is 1. The van der Waals surface area contributed by atoms with E-state index in [-0.39, 0.29) is 11.8 Å². The molecule has 1 aromatic carbocycles. The fraction of sp³-hybridized carbons (Fsp3) is 0.550. The van der Waals surface area contributed by atoms with Crippen molar-refractivity contribution in [1.82, 2.24) is 15.3 Å². The Kier molecular flexibility index (Phi) is 3.81. The van der Waals surface area contributed by atoms with Gasteiger partial charge in [-0.25, -0.2) is 5.84 Å². The maximum Gasteiger partial charge on any atom is 0.239 e. The number of piperidine rings is 1. The molecule has 26 heavy (non-hydrogen) atoms. The van der Waals surface area contributed by atoms with Crippen LogP contribution in [0, 0.1) is 17.8 Å². The molecule has 5 atom stereocenters. The number of benzene rings is 1. The Morgan fingerprint density at radius 2 is 2.08 bits per heavy atom. The van der Waals surface area contributed by atoms with Gasteiger partial charge in [0.1, 0.15) is 0 Å². The highest BCUT2D eigenvalue weighted by atomic mass is 16.3. The zero-order chi connectivity index (χ0) is 17.8. The largest absolute Gasteiger partial charge is 0.392 e. The van der Waals surface area contributed by atoms with Crippen LogP contribution in [0.1, 0.15) is 36.6 Å². The number of hydrazine groups is 1. The van der Waals surface area contributed by atoms with E-state index in [9.17, 15) is 9.90 Å². The van der Waals surface area contributed by atoms with E-state index in [1.165, 1.54) is 22.2 Å². The number of carbonyl (C=O) groups is 1. The number of nitrogens with zero attached hydrogens (tertiary/aromatic N) is 1. The summed E-state index contributed by atoms with van der Waals surface area (Å²) in [5.41, 5.74) is 6.29. The molecule has 3 aliphatic rings. The first-order valence-corrected chi connectivity index (χ1v) is 9.67. The molecule has 1 saturated heterocycles. The van der Waals surface area contributed by atoms with Crippen molar-refractivity contribution in [2.75, 3.05) is 13.1 Å². The summed E-state index contributed by atoms with van der Waals surface area (Å²) in [6, 6.07) is 8.95. The summed E-state index contributed by atoms with van der Waals surface area (Å²) < 4.78 is 0. The third-order valence-electron chi connectivity index (χ3n) is 6.98. The molecule has 138 valence electrons. The number of hydrogen-bond acceptors (Lipinski definition) is 4. The van der Waals surface area contributed by atoms with Crippen molar-refractivity contribution in [3.05, 3.63) is 35.5 Å². The van der Waals surface area contributed by atoms with Crippen LogP contribution >= 0.6 is 0 Å². The molecule has 0 bridgehead atoms. The van der Waals surface area contributed by atoms with Gasteiger partial charge in [0.25, 0.3) is 0 Å². The average molecular weight is 354 g/mol. The van der Waals surface area contributed by atoms with Gasteiger partial charge in [0.05, 0.1) is 18.1 Å². The molecule has 6 nitrogen and oxygen atoms in total. The van der Waals surface area contributed by atoms with Gasteiger partial charge in [-0.1, -0.05) is 18.2 Å². The summed E-state index contributed by atoms with van der Waals surface area (Å²) in [4.78, 5) is 18.3. The topological polar surface area (TPSA) is 94.4 Å². The van der Waals surface area contributed by atoms with E-state index in [1.54, 1.807) is 0 Å². The molecule has 2 aromatic rings. The van der Waals surface area contributed by atoms with Gasteiger partial charge in [0.15, 0.2) is 0 Å². The van der Waals surface area contributed by atoms with E-state index < -0.39 is 6.10 Å². The molecule has 1 saturated carbocycles. The van der Waals surface area contributed by atoms with Crippen LogP contribution in [0.15, 0.2) is 24.3 Å². The van der Waals surface area contributed by atoms with Gasteiger partial charge in [-0.2, -0.15) is 0 Å². The molecule has 1 unspecified atom stereocenters. The number of para-hydroxylation sites is 1. The van der Waals surface area contributed by atoms with E-state index in [4.69, 9.17) is 5.84 Å². The molecule has 1 aliphatic carbocycles. The molecule has 1 amide bonds. The van der Waals surface area contributed by atoms with Gasteiger partial charge in [0, 0.05) is 29.7 Å². The van der Waals surface area contributed by atoms with Gasteiger partial charge < -0.3 is 10.1 Å². The fourth-order valence-corrected chi connectivity index (χ4v) is 5.69. The number of carbonyl (C=O) groups excluding carboxylic acids is 1. The van der Waals surface area contributed by atoms with Gasteiger partial charge in [-0.15, -0.1) is 0 Å². The Balaban J connectivity index is 1.45. The van der Waals surface area contributed by atoms with Crippen molar-refractivity contribution in [2.24, 2.45) is 23.6 Å². The quantitative estimate of drug-likeness (QED) is 0.354. The van der Waals surface area contributed by atoms with Crippen LogP contribution in [0.3, 0.4) is 0 Å². The predicted octanol–water partition coefficient (Wildman–Crippen LogP) is 1.46. The number of aromatic amines is 1. The van der Waals surface area contributed by atoms with E-state index in [1.807, 2.05) is 0 Å². The Bertz CT molecular complexity index is 847. The van der Waals surface area contributed by atoms with E-state index >= 15 is 0 Å². The van der Waals surface area contributed by atoms with Crippen LogP contribution in [0.2, 0.25) is 0 Å². The van der Waals surface area contributed by atoms with Gasteiger partial charge in [-0.3, -0.25) is 15.1 Å². The molecular formula is C20H26N4O2. The summed E-state index contributed by atoms with van der Waals surface area (Å²) >= 11 is 0. The SMILES string of the molecule is NNC(=O)C1C[C@@H]2C[C@@H]3c4[nH]c5ccccc5c4CCN3C[C@H]2C[C@H]1O. The second-order valence-corrected chi connectivity index (χ2v) is 8.23. The summed E-state index contributed by atoms with van der Waals surface area (Å²) in [7, 11) is 0. The molecule has 6 heteroatoms. The predicted molar refractivity (Wildman–Crippen MR) is 99.0 cm³/mol. The number of rotatable bonds is 1. The fourth-order valence-electron chi connectivity index (χ4n) is 5.69. The van der Waals surface area contributed by atoms with Crippen LogP contribution in [0.25, 0.3) is 10.9 Å². The lowest BCUT2D eigenvalue weighted by molar-refractivity contribution is -0.134. The summed E-state index contributed by atoms with van der Waals surface area (Å²) in [5.74, 6) is 5.64. The molecule has 0 spiro atoms. The molecule has 5 N–H and O–H groups in total. The second kappa shape index (κ2) is 6.08. The number of aromatic nitrogens is 1. The van der Waals surface area contributed by atoms with Crippen molar-refractivity contribution < 1.29 is 9.90 Å². The molecular weight excluding hydrogens is 328 g/mol. The minimum atomic E-state index is -0.579. The van der Waals surface area contributed by atoms with Crippen LogP contribution in [-0.2, 0) is 11.2 Å². The van der Waals surface area contributed by atoms with Crippen molar-refractivity contribution in [2.45, 2.75) is 37.8 Å². The molecule has 1 aromatic heterocycles. The Labute approximate surface area is 152 Å². The first-order chi connectivity index (χ1) is 12.7. The second-order valence-electron chi connectivity index (χ2n) is 8.23.